The average molecular weight is 523 g/mol. The van der Waals surface area contributed by atoms with Crippen LogP contribution < -0.4 is 0 Å². The van der Waals surface area contributed by atoms with E-state index in [2.05, 4.69) is 57.7 Å². The Morgan fingerprint density at radius 2 is 1.02 bits per heavy atom. The number of hydrogen-bond acceptors (Lipinski definition) is 0. The molecule has 40 heavy (non-hydrogen) atoms. The number of fused-ring (bicyclic) bond motifs is 6. The molecule has 0 spiro atoms. The van der Waals surface area contributed by atoms with Crippen molar-refractivity contribution in [2.45, 2.75) is 12.8 Å². The normalized spacial score (nSPS) is 12.9. The highest BCUT2D eigenvalue weighted by Gasteiger charge is 2.20. The van der Waals surface area contributed by atoms with E-state index < -0.39 is 0 Å². The lowest BCUT2D eigenvalue weighted by molar-refractivity contribution is 0.624. The molecule has 0 saturated carbocycles. The predicted molar refractivity (Wildman–Crippen MR) is 160 cm³/mol. The summed E-state index contributed by atoms with van der Waals surface area (Å²) in [6, 6.07) is 34.6. The van der Waals surface area contributed by atoms with Crippen molar-refractivity contribution in [3.63, 3.8) is 0 Å². The van der Waals surface area contributed by atoms with Gasteiger partial charge in [0.15, 0.2) is 0 Å². The maximum absolute atomic E-state index is 15.3. The van der Waals surface area contributed by atoms with Gasteiger partial charge in [-0.15, -0.1) is 0 Å². The van der Waals surface area contributed by atoms with E-state index in [1.165, 1.54) is 23.4 Å². The van der Waals surface area contributed by atoms with Gasteiger partial charge in [-0.05, 0) is 78.6 Å². The van der Waals surface area contributed by atoms with Crippen LogP contribution >= 0.6 is 0 Å². The van der Waals surface area contributed by atoms with Gasteiger partial charge in [0.1, 0.15) is 11.6 Å². The summed E-state index contributed by atoms with van der Waals surface area (Å²) >= 11 is 0. The molecular weight excluding hydrogens is 498 g/mol. The Balaban J connectivity index is 1.34. The summed E-state index contributed by atoms with van der Waals surface area (Å²) < 4.78 is 34.8. The fourth-order valence-electron chi connectivity index (χ4n) is 6.41. The third-order valence-electron chi connectivity index (χ3n) is 8.04. The predicted octanol–water partition coefficient (Wildman–Crippen LogP) is 9.63. The second-order valence-electron chi connectivity index (χ2n) is 10.4. The van der Waals surface area contributed by atoms with Gasteiger partial charge < -0.3 is 9.13 Å². The van der Waals surface area contributed by atoms with E-state index in [0.717, 1.165) is 51.2 Å². The van der Waals surface area contributed by atoms with E-state index in [0.29, 0.717) is 16.8 Å². The van der Waals surface area contributed by atoms with Gasteiger partial charge in [-0.2, -0.15) is 0 Å². The zero-order chi connectivity index (χ0) is 26.8. The van der Waals surface area contributed by atoms with Gasteiger partial charge in [0.25, 0.3) is 0 Å². The fraction of sp³-hybridized carbons (Fsp3) is 0.0556. The van der Waals surface area contributed by atoms with Gasteiger partial charge in [0, 0.05) is 38.8 Å². The highest BCUT2D eigenvalue weighted by atomic mass is 19.1. The maximum atomic E-state index is 15.3. The first-order valence-corrected chi connectivity index (χ1v) is 13.5. The van der Waals surface area contributed by atoms with Crippen LogP contribution in [0.15, 0.2) is 115 Å². The first-order chi connectivity index (χ1) is 19.7. The molecule has 2 aromatic heterocycles. The van der Waals surface area contributed by atoms with Crippen LogP contribution in [0.5, 0.6) is 0 Å². The second-order valence-corrected chi connectivity index (χ2v) is 10.4. The number of benzene rings is 5. The molecule has 0 atom stereocenters. The van der Waals surface area contributed by atoms with E-state index in [1.807, 2.05) is 48.5 Å². The summed E-state index contributed by atoms with van der Waals surface area (Å²) in [5.74, 6) is -0.720. The van der Waals surface area contributed by atoms with Gasteiger partial charge in [-0.3, -0.25) is 0 Å². The lowest BCUT2D eigenvalue weighted by Gasteiger charge is -2.16. The number of para-hydroxylation sites is 3. The van der Waals surface area contributed by atoms with Crippen LogP contribution in [0.1, 0.15) is 17.7 Å². The molecule has 2 nitrogen and oxygen atoms in total. The fourth-order valence-corrected chi connectivity index (χ4v) is 6.41. The molecule has 5 aromatic carbocycles. The molecule has 4 heteroatoms. The molecule has 8 rings (SSSR count). The number of rotatable bonds is 3. The molecule has 1 aliphatic carbocycles. The van der Waals surface area contributed by atoms with Gasteiger partial charge in [0.2, 0.25) is 0 Å². The Labute approximate surface area is 230 Å². The largest absolute Gasteiger partial charge is 0.313 e. The lowest BCUT2D eigenvalue weighted by Crippen LogP contribution is -2.04. The minimum atomic E-state index is -0.367. The number of nitrogens with zero attached hydrogens (tertiary/aromatic N) is 2. The molecule has 0 fully saturated rings. The summed E-state index contributed by atoms with van der Waals surface area (Å²) in [6.45, 7) is 0. The van der Waals surface area contributed by atoms with Crippen molar-refractivity contribution in [2.24, 2.45) is 0 Å². The summed E-state index contributed by atoms with van der Waals surface area (Å²) in [5.41, 5.74) is 8.10. The summed E-state index contributed by atoms with van der Waals surface area (Å²) in [6.07, 6.45) is 6.18. The van der Waals surface area contributed by atoms with Crippen LogP contribution in [0.3, 0.4) is 0 Å². The van der Waals surface area contributed by atoms with E-state index >= 15 is 8.78 Å². The van der Waals surface area contributed by atoms with E-state index in [4.69, 9.17) is 0 Å². The number of halogens is 2. The van der Waals surface area contributed by atoms with Gasteiger partial charge >= 0.3 is 0 Å². The zero-order valence-corrected chi connectivity index (χ0v) is 21.6. The first kappa shape index (κ1) is 23.0. The van der Waals surface area contributed by atoms with Gasteiger partial charge in [0.05, 0.1) is 16.6 Å². The summed E-state index contributed by atoms with van der Waals surface area (Å²) in [4.78, 5) is 0. The third-order valence-corrected chi connectivity index (χ3v) is 8.04. The number of aromatic nitrogens is 2. The molecule has 7 aromatic rings. The molecule has 2 heterocycles. The third kappa shape index (κ3) is 3.46. The molecule has 1 aliphatic rings. The monoisotopic (exact) mass is 522 g/mol. The SMILES string of the molecule is Fc1cc(-c2cc(F)cc(-n3c4ccccc4c4ccccc43)c2)cc(-n2c3c(c4ccccc42)C=CCC3)c1. The van der Waals surface area contributed by atoms with Crippen molar-refractivity contribution in [1.29, 1.82) is 0 Å². The van der Waals surface area contributed by atoms with Crippen molar-refractivity contribution in [3.05, 3.63) is 138 Å². The number of hydrogen-bond donors (Lipinski definition) is 0. The van der Waals surface area contributed by atoms with Gasteiger partial charge in [-0.1, -0.05) is 66.7 Å². The Bertz CT molecular complexity index is 2090. The Morgan fingerprint density at radius 3 is 1.62 bits per heavy atom. The molecule has 0 radical (unpaired) electrons. The van der Waals surface area contributed by atoms with Crippen molar-refractivity contribution >= 4 is 38.8 Å². The Hall–Kier alpha value is -4.96. The zero-order valence-electron chi connectivity index (χ0n) is 21.6. The molecule has 192 valence electrons. The molecule has 0 unspecified atom stereocenters. The Kier molecular flexibility index (Phi) is 5.05. The maximum Gasteiger partial charge on any atom is 0.125 e. The van der Waals surface area contributed by atoms with Crippen molar-refractivity contribution in [3.8, 4) is 22.5 Å². The molecule has 0 aliphatic heterocycles. The second kappa shape index (κ2) is 8.78. The smallest absolute Gasteiger partial charge is 0.125 e. The van der Waals surface area contributed by atoms with Crippen molar-refractivity contribution in [1.82, 2.24) is 9.13 Å². The van der Waals surface area contributed by atoms with Crippen LogP contribution in [0.4, 0.5) is 8.78 Å². The molecular formula is C36H24F2N2. The molecule has 0 amide bonds. The van der Waals surface area contributed by atoms with Crippen molar-refractivity contribution in [2.75, 3.05) is 0 Å². The number of allylic oxidation sites excluding steroid dienone is 1. The first-order valence-electron chi connectivity index (χ1n) is 13.5. The molecule has 0 saturated heterocycles. The van der Waals surface area contributed by atoms with Gasteiger partial charge in [-0.25, -0.2) is 8.78 Å². The van der Waals surface area contributed by atoms with Crippen LogP contribution in [-0.4, -0.2) is 9.13 Å². The minimum absolute atomic E-state index is 0.354. The lowest BCUT2D eigenvalue weighted by atomic mass is 10.0. The van der Waals surface area contributed by atoms with E-state index in [9.17, 15) is 0 Å². The molecule has 0 N–H and O–H groups in total. The summed E-state index contributed by atoms with van der Waals surface area (Å²) in [5, 5.41) is 3.36. The molecule has 0 bridgehead atoms. The standard InChI is InChI=1S/C36H24F2N2/c37-25-17-23(19-27(21-25)39-33-13-5-1-9-29(33)30-10-2-6-14-34(30)39)24-18-26(38)22-28(20-24)40-35-15-7-3-11-31(35)32-12-4-8-16-36(32)40/h1-7,9-15,17-22H,8,16H2. The minimum Gasteiger partial charge on any atom is -0.313 e. The topological polar surface area (TPSA) is 9.86 Å². The quantitative estimate of drug-likeness (QED) is 0.219. The average Bonchev–Trinajstić information content (AvgIpc) is 3.50. The Morgan fingerprint density at radius 1 is 0.525 bits per heavy atom. The van der Waals surface area contributed by atoms with Crippen LogP contribution in [0.25, 0.3) is 61.3 Å². The van der Waals surface area contributed by atoms with Crippen molar-refractivity contribution < 1.29 is 8.78 Å². The van der Waals surface area contributed by atoms with E-state index in [-0.39, 0.29) is 11.6 Å². The van der Waals surface area contributed by atoms with E-state index in [1.54, 1.807) is 12.1 Å². The van der Waals surface area contributed by atoms with Crippen LogP contribution in [0, 0.1) is 11.6 Å². The highest BCUT2D eigenvalue weighted by molar-refractivity contribution is 6.09. The summed E-state index contributed by atoms with van der Waals surface area (Å²) in [7, 11) is 0. The van der Waals surface area contributed by atoms with Crippen LogP contribution in [0.2, 0.25) is 0 Å². The highest BCUT2D eigenvalue weighted by Crippen LogP contribution is 2.37. The van der Waals surface area contributed by atoms with Crippen LogP contribution in [-0.2, 0) is 6.42 Å².